The largest absolute Gasteiger partial charge is 0.372 e. The van der Waals surface area contributed by atoms with E-state index in [1.807, 2.05) is 7.05 Å². The summed E-state index contributed by atoms with van der Waals surface area (Å²) in [4.78, 5) is 17.3. The number of carbonyl (C=O) groups excluding carboxylic acids is 1. The molecule has 0 saturated carbocycles. The minimum atomic E-state index is -0.952. The van der Waals surface area contributed by atoms with Gasteiger partial charge in [0.1, 0.15) is 11.9 Å². The molecule has 1 aromatic carbocycles. The molecule has 27 heavy (non-hydrogen) atoms. The maximum atomic E-state index is 13.1. The molecule has 3 aromatic rings. The van der Waals surface area contributed by atoms with Crippen LogP contribution in [0, 0.1) is 20.8 Å². The molecule has 0 aliphatic rings. The van der Waals surface area contributed by atoms with Gasteiger partial charge in [0.05, 0.1) is 5.56 Å². The first-order chi connectivity index (χ1) is 12.8. The van der Waals surface area contributed by atoms with E-state index in [2.05, 4.69) is 37.9 Å². The number of pyridine rings is 1. The van der Waals surface area contributed by atoms with E-state index in [1.54, 1.807) is 47.1 Å². The van der Waals surface area contributed by atoms with Crippen molar-refractivity contribution in [3.8, 4) is 0 Å². The molecule has 0 aliphatic carbocycles. The van der Waals surface area contributed by atoms with Crippen molar-refractivity contribution >= 4 is 11.6 Å². The van der Waals surface area contributed by atoms with Crippen LogP contribution in [0.2, 0.25) is 0 Å². The third-order valence-corrected chi connectivity index (χ3v) is 5.06. The minimum absolute atomic E-state index is 0.258. The second kappa shape index (κ2) is 7.50. The molecule has 1 atom stereocenters. The average Bonchev–Trinajstić information content (AvgIpc) is 3.09. The van der Waals surface area contributed by atoms with Crippen molar-refractivity contribution in [2.45, 2.75) is 40.5 Å². The van der Waals surface area contributed by atoms with Gasteiger partial charge in [0.25, 0.3) is 5.91 Å². The molecule has 1 amide bonds. The number of amides is 1. The van der Waals surface area contributed by atoms with Gasteiger partial charge in [-0.05, 0) is 62.1 Å². The van der Waals surface area contributed by atoms with Gasteiger partial charge in [-0.25, -0.2) is 15.0 Å². The number of hydrogen-bond acceptors (Lipinski definition) is 4. The lowest BCUT2D eigenvalue weighted by Crippen LogP contribution is -2.49. The first kappa shape index (κ1) is 19.1. The van der Waals surface area contributed by atoms with Crippen molar-refractivity contribution in [2.24, 2.45) is 0 Å². The van der Waals surface area contributed by atoms with Crippen LogP contribution in [0.5, 0.6) is 0 Å². The molecule has 2 heterocycles. The zero-order valence-corrected chi connectivity index (χ0v) is 16.5. The number of aliphatic hydroxyl groups is 1. The zero-order valence-electron chi connectivity index (χ0n) is 16.5. The van der Waals surface area contributed by atoms with Crippen molar-refractivity contribution in [1.82, 2.24) is 19.4 Å². The topological polar surface area (TPSA) is 61.1 Å². The zero-order chi connectivity index (χ0) is 19.7. The van der Waals surface area contributed by atoms with Gasteiger partial charge in [0.2, 0.25) is 0 Å². The Hall–Kier alpha value is -2.70. The van der Waals surface area contributed by atoms with E-state index in [0.717, 1.165) is 5.65 Å². The quantitative estimate of drug-likeness (QED) is 0.557. The fourth-order valence-electron chi connectivity index (χ4n) is 3.35. The van der Waals surface area contributed by atoms with Gasteiger partial charge in [-0.15, -0.1) is 0 Å². The van der Waals surface area contributed by atoms with E-state index in [4.69, 9.17) is 0 Å². The number of benzene rings is 1. The summed E-state index contributed by atoms with van der Waals surface area (Å²) in [5.74, 6) is -0.258. The summed E-state index contributed by atoms with van der Waals surface area (Å²) in [7, 11) is 1.82. The fourth-order valence-corrected chi connectivity index (χ4v) is 3.35. The summed E-state index contributed by atoms with van der Waals surface area (Å²) in [6.45, 7) is 8.36. The Morgan fingerprint density at radius 3 is 2.59 bits per heavy atom. The molecule has 3 rings (SSSR count). The van der Waals surface area contributed by atoms with Crippen molar-refractivity contribution in [1.29, 1.82) is 0 Å². The highest BCUT2D eigenvalue weighted by atomic mass is 16.3. The minimum Gasteiger partial charge on any atom is -0.372 e. The van der Waals surface area contributed by atoms with E-state index >= 15 is 0 Å². The summed E-state index contributed by atoms with van der Waals surface area (Å²) in [6.07, 6.45) is 4.26. The predicted molar refractivity (Wildman–Crippen MR) is 105 cm³/mol. The molecule has 0 spiro atoms. The number of hydrogen-bond donors (Lipinski definition) is 1. The lowest BCUT2D eigenvalue weighted by Gasteiger charge is -2.35. The van der Waals surface area contributed by atoms with Gasteiger partial charge >= 0.3 is 0 Å². The monoisotopic (exact) mass is 366 g/mol. The van der Waals surface area contributed by atoms with Crippen LogP contribution in [-0.2, 0) is 6.54 Å². The van der Waals surface area contributed by atoms with Gasteiger partial charge in [-0.3, -0.25) is 4.79 Å². The summed E-state index contributed by atoms with van der Waals surface area (Å²) in [5, 5.41) is 13.5. The summed E-state index contributed by atoms with van der Waals surface area (Å²) < 4.78 is 1.79. The van der Waals surface area contributed by atoms with Crippen LogP contribution < -0.4 is 0 Å². The normalized spacial score (nSPS) is 12.6. The highest BCUT2D eigenvalue weighted by Gasteiger charge is 2.25. The van der Waals surface area contributed by atoms with E-state index in [1.165, 1.54) is 27.3 Å². The van der Waals surface area contributed by atoms with E-state index in [9.17, 15) is 9.90 Å². The number of imidazole rings is 1. The van der Waals surface area contributed by atoms with Crippen LogP contribution in [0.25, 0.3) is 5.65 Å². The second-order valence-corrected chi connectivity index (χ2v) is 7.01. The maximum absolute atomic E-state index is 13.1. The van der Waals surface area contributed by atoms with Crippen LogP contribution in [0.15, 0.2) is 42.9 Å². The van der Waals surface area contributed by atoms with Crippen molar-refractivity contribution in [3.63, 3.8) is 0 Å². The summed E-state index contributed by atoms with van der Waals surface area (Å²) >= 11 is 0. The molecule has 1 unspecified atom stereocenters. The molecule has 6 heteroatoms. The van der Waals surface area contributed by atoms with Gasteiger partial charge in [0, 0.05) is 32.2 Å². The number of aryl methyl sites for hydroxylation is 2. The number of carbonyl (C=O) groups is 1. The maximum Gasteiger partial charge on any atom is 0.271 e. The van der Waals surface area contributed by atoms with Gasteiger partial charge < -0.3 is 9.51 Å². The Balaban J connectivity index is 1.90. The lowest BCUT2D eigenvalue weighted by molar-refractivity contribution is -0.0917. The highest BCUT2D eigenvalue weighted by molar-refractivity contribution is 5.94. The highest BCUT2D eigenvalue weighted by Crippen LogP contribution is 2.21. The summed E-state index contributed by atoms with van der Waals surface area (Å²) in [6, 6.07) is 7.72. The Morgan fingerprint density at radius 2 is 1.89 bits per heavy atom. The third kappa shape index (κ3) is 3.72. The van der Waals surface area contributed by atoms with Crippen molar-refractivity contribution in [2.75, 3.05) is 7.05 Å². The van der Waals surface area contributed by atoms with Crippen LogP contribution >= 0.6 is 0 Å². The molecule has 0 aliphatic heterocycles. The first-order valence-corrected chi connectivity index (χ1v) is 9.00. The molecule has 0 radical (unpaired) electrons. The Kier molecular flexibility index (Phi) is 5.30. The Morgan fingerprint density at radius 1 is 1.19 bits per heavy atom. The smallest absolute Gasteiger partial charge is 0.271 e. The number of fused-ring (bicyclic) bond motifs is 1. The van der Waals surface area contributed by atoms with Crippen LogP contribution in [0.1, 0.15) is 39.5 Å². The molecule has 2 aromatic heterocycles. The molecule has 1 N–H and O–H groups in total. The van der Waals surface area contributed by atoms with Gasteiger partial charge in [-0.2, -0.15) is 0 Å². The molecule has 0 saturated heterocycles. The standard InChI is InChI=1S/C21H26N4O2/c1-14-6-7-15(2)19(16(14)3)13-23(5)25(17(4)26)21(27)18-8-9-20-22-10-11-24(20)12-18/h6-12,17,26H,13H2,1-5H3. The number of hydrazine groups is 1. The first-order valence-electron chi connectivity index (χ1n) is 9.00. The Bertz CT molecular complexity index is 977. The molecular formula is C21H26N4O2. The molecule has 6 nitrogen and oxygen atoms in total. The van der Waals surface area contributed by atoms with E-state index < -0.39 is 6.23 Å². The van der Waals surface area contributed by atoms with Crippen molar-refractivity contribution < 1.29 is 9.90 Å². The van der Waals surface area contributed by atoms with Crippen LogP contribution in [0.4, 0.5) is 0 Å². The predicted octanol–water partition coefficient (Wildman–Crippen LogP) is 3.09. The van der Waals surface area contributed by atoms with Gasteiger partial charge in [-0.1, -0.05) is 12.1 Å². The summed E-state index contributed by atoms with van der Waals surface area (Å²) in [5.41, 5.74) is 6.02. The second-order valence-electron chi connectivity index (χ2n) is 7.01. The molecule has 0 bridgehead atoms. The fraction of sp³-hybridized carbons (Fsp3) is 0.333. The molecular weight excluding hydrogens is 340 g/mol. The lowest BCUT2D eigenvalue weighted by atomic mass is 9.98. The number of aliphatic hydroxyl groups excluding tert-OH is 1. The number of rotatable bonds is 5. The number of nitrogens with zero attached hydrogens (tertiary/aromatic N) is 4. The van der Waals surface area contributed by atoms with Crippen LogP contribution in [0.3, 0.4) is 0 Å². The Labute approximate surface area is 159 Å². The van der Waals surface area contributed by atoms with Crippen molar-refractivity contribution in [3.05, 3.63) is 70.7 Å². The van der Waals surface area contributed by atoms with Gasteiger partial charge in [0.15, 0.2) is 0 Å². The van der Waals surface area contributed by atoms with Crippen LogP contribution in [-0.4, -0.2) is 43.7 Å². The molecule has 0 fully saturated rings. The molecule has 142 valence electrons. The average molecular weight is 366 g/mol. The van der Waals surface area contributed by atoms with E-state index in [-0.39, 0.29) is 5.91 Å². The SMILES string of the molecule is Cc1ccc(C)c(CN(C)N(C(=O)c2ccc3nccn3c2)C(C)O)c1C. The number of aromatic nitrogens is 2. The third-order valence-electron chi connectivity index (χ3n) is 5.06. The van der Waals surface area contributed by atoms with E-state index in [0.29, 0.717) is 12.1 Å².